The Labute approximate surface area is 131 Å². The number of ether oxygens (including phenoxy) is 1. The molecule has 0 aliphatic heterocycles. The molecular weight excluding hydrogens is 290 g/mol. The van der Waals surface area contributed by atoms with Crippen LogP contribution in [0.2, 0.25) is 5.02 Å². The van der Waals surface area contributed by atoms with E-state index in [1.165, 1.54) is 0 Å². The monoisotopic (exact) mass is 313 g/mol. The highest BCUT2D eigenvalue weighted by Crippen LogP contribution is 2.16. The van der Waals surface area contributed by atoms with Crippen molar-refractivity contribution in [3.8, 4) is 5.75 Å². The van der Waals surface area contributed by atoms with Gasteiger partial charge in [0.25, 0.3) is 0 Å². The van der Waals surface area contributed by atoms with Gasteiger partial charge in [-0.15, -0.1) is 0 Å². The van der Waals surface area contributed by atoms with E-state index in [2.05, 4.69) is 12.2 Å². The van der Waals surface area contributed by atoms with Crippen molar-refractivity contribution < 1.29 is 14.6 Å². The first-order valence-electron chi connectivity index (χ1n) is 7.33. The molecule has 21 heavy (non-hydrogen) atoms. The van der Waals surface area contributed by atoms with E-state index < -0.39 is 5.97 Å². The second kappa shape index (κ2) is 9.64. The Morgan fingerprint density at radius 2 is 2.14 bits per heavy atom. The van der Waals surface area contributed by atoms with Gasteiger partial charge in [-0.25, -0.2) is 0 Å². The first-order chi connectivity index (χ1) is 9.99. The van der Waals surface area contributed by atoms with E-state index in [9.17, 15) is 4.79 Å². The Morgan fingerprint density at radius 1 is 1.38 bits per heavy atom. The summed E-state index contributed by atoms with van der Waals surface area (Å²) in [7, 11) is 0. The number of rotatable bonds is 10. The average molecular weight is 314 g/mol. The van der Waals surface area contributed by atoms with Crippen LogP contribution >= 0.6 is 11.6 Å². The van der Waals surface area contributed by atoms with Gasteiger partial charge in [0.15, 0.2) is 0 Å². The summed E-state index contributed by atoms with van der Waals surface area (Å²) >= 11 is 5.88. The van der Waals surface area contributed by atoms with Gasteiger partial charge < -0.3 is 15.2 Å². The fourth-order valence-corrected chi connectivity index (χ4v) is 2.17. The zero-order chi connectivity index (χ0) is 15.7. The molecule has 0 amide bonds. The summed E-state index contributed by atoms with van der Waals surface area (Å²) in [6.07, 6.45) is 2.60. The predicted molar refractivity (Wildman–Crippen MR) is 85.1 cm³/mol. The number of halogens is 1. The molecule has 0 aliphatic rings. The van der Waals surface area contributed by atoms with Crippen molar-refractivity contribution in [1.29, 1.82) is 0 Å². The van der Waals surface area contributed by atoms with Gasteiger partial charge >= 0.3 is 5.97 Å². The predicted octanol–water partition coefficient (Wildman–Crippen LogP) is 3.59. The van der Waals surface area contributed by atoms with Crippen LogP contribution in [0, 0.1) is 5.92 Å². The van der Waals surface area contributed by atoms with E-state index in [-0.39, 0.29) is 5.92 Å². The summed E-state index contributed by atoms with van der Waals surface area (Å²) in [6.45, 7) is 5.18. The van der Waals surface area contributed by atoms with Gasteiger partial charge in [-0.1, -0.05) is 31.0 Å². The molecule has 0 bridgehead atoms. The lowest BCUT2D eigenvalue weighted by Gasteiger charge is -2.15. The van der Waals surface area contributed by atoms with Crippen LogP contribution in [0.4, 0.5) is 0 Å². The van der Waals surface area contributed by atoms with Gasteiger partial charge in [-0.3, -0.25) is 4.79 Å². The largest absolute Gasteiger partial charge is 0.492 e. The van der Waals surface area contributed by atoms with Crippen molar-refractivity contribution in [1.82, 2.24) is 5.32 Å². The molecule has 0 saturated carbocycles. The molecule has 1 rings (SSSR count). The van der Waals surface area contributed by atoms with Gasteiger partial charge in [0.1, 0.15) is 12.4 Å². The maximum Gasteiger partial charge on any atom is 0.306 e. The van der Waals surface area contributed by atoms with Gasteiger partial charge in [0, 0.05) is 17.6 Å². The lowest BCUT2D eigenvalue weighted by Crippen LogP contribution is -2.30. The summed E-state index contributed by atoms with van der Waals surface area (Å²) in [4.78, 5) is 10.7. The van der Waals surface area contributed by atoms with Crippen LogP contribution in [0.1, 0.15) is 33.1 Å². The molecule has 0 radical (unpaired) electrons. The Morgan fingerprint density at radius 3 is 2.81 bits per heavy atom. The highest BCUT2D eigenvalue weighted by atomic mass is 35.5. The van der Waals surface area contributed by atoms with Gasteiger partial charge in [-0.2, -0.15) is 0 Å². The topological polar surface area (TPSA) is 58.6 Å². The average Bonchev–Trinajstić information content (AvgIpc) is 2.43. The summed E-state index contributed by atoms with van der Waals surface area (Å²) < 4.78 is 5.59. The lowest BCUT2D eigenvalue weighted by molar-refractivity contribution is -0.141. The normalized spacial score (nSPS) is 13.7. The summed E-state index contributed by atoms with van der Waals surface area (Å²) in [6, 6.07) is 7.69. The quantitative estimate of drug-likeness (QED) is 0.648. The number of carboxylic acid groups (broad SMARTS) is 1. The number of benzene rings is 1. The first-order valence-corrected chi connectivity index (χ1v) is 7.71. The summed E-state index contributed by atoms with van der Waals surface area (Å²) in [5.41, 5.74) is 0. The van der Waals surface area contributed by atoms with E-state index >= 15 is 0 Å². The maximum absolute atomic E-state index is 10.7. The Kier molecular flexibility index (Phi) is 8.16. The van der Waals surface area contributed by atoms with Crippen molar-refractivity contribution in [3.05, 3.63) is 29.3 Å². The second-order valence-electron chi connectivity index (χ2n) is 5.33. The molecule has 0 aliphatic carbocycles. The van der Waals surface area contributed by atoms with Crippen LogP contribution in [0.3, 0.4) is 0 Å². The minimum Gasteiger partial charge on any atom is -0.492 e. The first kappa shape index (κ1) is 17.8. The van der Waals surface area contributed by atoms with Gasteiger partial charge in [-0.05, 0) is 38.0 Å². The van der Waals surface area contributed by atoms with Crippen molar-refractivity contribution in [2.24, 2.45) is 5.92 Å². The highest BCUT2D eigenvalue weighted by Gasteiger charge is 2.10. The maximum atomic E-state index is 10.7. The van der Waals surface area contributed by atoms with E-state index in [1.54, 1.807) is 13.0 Å². The van der Waals surface area contributed by atoms with Crippen LogP contribution in [0.5, 0.6) is 5.75 Å². The molecule has 0 saturated heterocycles. The number of hydrogen-bond acceptors (Lipinski definition) is 3. The molecule has 1 aromatic rings. The van der Waals surface area contributed by atoms with E-state index in [0.29, 0.717) is 17.7 Å². The van der Waals surface area contributed by atoms with Crippen molar-refractivity contribution in [2.75, 3.05) is 13.2 Å². The highest BCUT2D eigenvalue weighted by molar-refractivity contribution is 6.30. The molecule has 5 heteroatoms. The Balaban J connectivity index is 2.08. The lowest BCUT2D eigenvalue weighted by atomic mass is 10.0. The minimum absolute atomic E-state index is 0.261. The molecule has 1 aromatic carbocycles. The molecule has 0 heterocycles. The van der Waals surface area contributed by atoms with Crippen molar-refractivity contribution >= 4 is 17.6 Å². The van der Waals surface area contributed by atoms with E-state index in [0.717, 1.165) is 31.6 Å². The van der Waals surface area contributed by atoms with Gasteiger partial charge in [0.05, 0.1) is 5.92 Å². The zero-order valence-corrected chi connectivity index (χ0v) is 13.4. The smallest absolute Gasteiger partial charge is 0.306 e. The van der Waals surface area contributed by atoms with Gasteiger partial charge in [0.2, 0.25) is 0 Å². The number of hydrogen-bond donors (Lipinski definition) is 2. The fraction of sp³-hybridized carbons (Fsp3) is 0.562. The van der Waals surface area contributed by atoms with Crippen LogP contribution in [-0.2, 0) is 4.79 Å². The number of nitrogens with one attached hydrogen (secondary N) is 1. The summed E-state index contributed by atoms with van der Waals surface area (Å²) in [5.74, 6) is -0.207. The molecule has 0 spiro atoms. The Hall–Kier alpha value is -1.26. The fourth-order valence-electron chi connectivity index (χ4n) is 1.99. The number of carboxylic acids is 1. The third-order valence-electron chi connectivity index (χ3n) is 3.36. The molecule has 2 N–H and O–H groups in total. The zero-order valence-electron chi connectivity index (χ0n) is 12.6. The third kappa shape index (κ3) is 7.93. The van der Waals surface area contributed by atoms with Crippen molar-refractivity contribution in [2.45, 2.75) is 39.2 Å². The molecule has 2 atom stereocenters. The van der Waals surface area contributed by atoms with E-state index in [1.807, 2.05) is 18.2 Å². The number of carbonyl (C=O) groups is 1. The van der Waals surface area contributed by atoms with Crippen LogP contribution in [-0.4, -0.2) is 30.3 Å². The summed E-state index contributed by atoms with van der Waals surface area (Å²) in [5, 5.41) is 12.8. The molecule has 0 aromatic heterocycles. The minimum atomic E-state index is -0.717. The van der Waals surface area contributed by atoms with Crippen LogP contribution in [0.25, 0.3) is 0 Å². The van der Waals surface area contributed by atoms with Crippen LogP contribution in [0.15, 0.2) is 24.3 Å². The van der Waals surface area contributed by atoms with Crippen LogP contribution < -0.4 is 10.1 Å². The molecular formula is C16H24ClNO3. The molecule has 2 unspecified atom stereocenters. The standard InChI is InChI=1S/C16H24ClNO3/c1-12(16(19)20)5-3-6-13(2)18-9-10-21-15-8-4-7-14(17)11-15/h4,7-8,11-13,18H,3,5-6,9-10H2,1-2H3,(H,19,20). The molecule has 0 fully saturated rings. The van der Waals surface area contributed by atoms with E-state index in [4.69, 9.17) is 21.4 Å². The SMILES string of the molecule is CC(CCCC(C)C(=O)O)NCCOc1cccc(Cl)c1. The number of aliphatic carboxylic acids is 1. The molecule has 4 nitrogen and oxygen atoms in total. The van der Waals surface area contributed by atoms with Crippen molar-refractivity contribution in [3.63, 3.8) is 0 Å². The Bertz CT molecular complexity index is 439. The second-order valence-corrected chi connectivity index (χ2v) is 5.77. The third-order valence-corrected chi connectivity index (χ3v) is 3.59. The molecule has 118 valence electrons.